The van der Waals surface area contributed by atoms with Crippen molar-refractivity contribution in [2.45, 2.75) is 25.9 Å². The van der Waals surface area contributed by atoms with Gasteiger partial charge in [-0.25, -0.2) is 5.43 Å². The third kappa shape index (κ3) is 7.28. The van der Waals surface area contributed by atoms with E-state index in [1.165, 1.54) is 18.3 Å². The standard InChI is InChI=1S/C20H20F3N3O3/c1-2-10-29-17-9-4-3-6-14(17)13-24-26-19(28)12-18(27)25-16-8-5-7-15(11-16)20(21,22)23/h3-9,11,13H,2,10,12H2,1H3,(H,25,27)(H,26,28). The van der Waals surface area contributed by atoms with Crippen LogP contribution < -0.4 is 15.5 Å². The van der Waals surface area contributed by atoms with Gasteiger partial charge in [-0.05, 0) is 36.8 Å². The second-order valence-corrected chi connectivity index (χ2v) is 5.98. The van der Waals surface area contributed by atoms with Crippen LogP contribution in [0.4, 0.5) is 18.9 Å². The number of para-hydroxylation sites is 1. The molecule has 0 bridgehead atoms. The molecule has 0 heterocycles. The van der Waals surface area contributed by atoms with Gasteiger partial charge in [0.2, 0.25) is 11.8 Å². The molecule has 0 saturated carbocycles. The number of carbonyl (C=O) groups excluding carboxylic acids is 2. The Kier molecular flexibility index (Phi) is 7.76. The van der Waals surface area contributed by atoms with Crippen LogP contribution in [0.5, 0.6) is 5.75 Å². The van der Waals surface area contributed by atoms with E-state index in [0.717, 1.165) is 18.6 Å². The monoisotopic (exact) mass is 407 g/mol. The SMILES string of the molecule is CCCOc1ccccc1C=NNC(=O)CC(=O)Nc1cccc(C(F)(F)F)c1. The third-order valence-corrected chi connectivity index (χ3v) is 3.57. The number of ether oxygens (including phenoxy) is 1. The molecule has 2 aromatic rings. The molecule has 2 rings (SSSR count). The van der Waals surface area contributed by atoms with Gasteiger partial charge in [-0.15, -0.1) is 0 Å². The Morgan fingerprint density at radius 3 is 2.59 bits per heavy atom. The van der Waals surface area contributed by atoms with Crippen molar-refractivity contribution in [3.63, 3.8) is 0 Å². The lowest BCUT2D eigenvalue weighted by atomic mass is 10.2. The van der Waals surface area contributed by atoms with Crippen molar-refractivity contribution in [2.24, 2.45) is 5.10 Å². The zero-order valence-electron chi connectivity index (χ0n) is 15.6. The smallest absolute Gasteiger partial charge is 0.416 e. The number of anilines is 1. The van der Waals surface area contributed by atoms with E-state index >= 15 is 0 Å². The van der Waals surface area contributed by atoms with Crippen LogP contribution in [0.2, 0.25) is 0 Å². The maximum absolute atomic E-state index is 12.7. The number of hydrogen-bond donors (Lipinski definition) is 2. The summed E-state index contributed by atoms with van der Waals surface area (Å²) in [4.78, 5) is 23.7. The highest BCUT2D eigenvalue weighted by Gasteiger charge is 2.30. The lowest BCUT2D eigenvalue weighted by Gasteiger charge is -2.09. The third-order valence-electron chi connectivity index (χ3n) is 3.57. The predicted molar refractivity (Wildman–Crippen MR) is 103 cm³/mol. The largest absolute Gasteiger partial charge is 0.493 e. The summed E-state index contributed by atoms with van der Waals surface area (Å²) in [6.45, 7) is 2.51. The van der Waals surface area contributed by atoms with Gasteiger partial charge in [-0.3, -0.25) is 9.59 Å². The van der Waals surface area contributed by atoms with Crippen LogP contribution in [-0.4, -0.2) is 24.6 Å². The Bertz CT molecular complexity index is 883. The minimum absolute atomic E-state index is 0.0527. The molecular weight excluding hydrogens is 387 g/mol. The highest BCUT2D eigenvalue weighted by molar-refractivity contribution is 6.03. The second-order valence-electron chi connectivity index (χ2n) is 5.98. The Morgan fingerprint density at radius 1 is 1.10 bits per heavy atom. The van der Waals surface area contributed by atoms with Crippen molar-refractivity contribution in [3.05, 3.63) is 59.7 Å². The number of nitrogens with one attached hydrogen (secondary N) is 2. The van der Waals surface area contributed by atoms with Crippen LogP contribution in [-0.2, 0) is 15.8 Å². The second kappa shape index (κ2) is 10.3. The molecule has 154 valence electrons. The van der Waals surface area contributed by atoms with E-state index < -0.39 is 30.0 Å². The molecule has 29 heavy (non-hydrogen) atoms. The first kappa shape index (κ1) is 21.9. The van der Waals surface area contributed by atoms with Crippen LogP contribution in [0.1, 0.15) is 30.9 Å². The van der Waals surface area contributed by atoms with Gasteiger partial charge in [0.1, 0.15) is 12.2 Å². The highest BCUT2D eigenvalue weighted by Crippen LogP contribution is 2.30. The van der Waals surface area contributed by atoms with E-state index in [0.29, 0.717) is 17.9 Å². The molecule has 0 atom stereocenters. The summed E-state index contributed by atoms with van der Waals surface area (Å²) >= 11 is 0. The number of benzene rings is 2. The van der Waals surface area contributed by atoms with E-state index in [-0.39, 0.29) is 5.69 Å². The first-order valence-corrected chi connectivity index (χ1v) is 8.80. The number of hydrogen-bond acceptors (Lipinski definition) is 4. The molecule has 0 aromatic heterocycles. The molecule has 2 amide bonds. The Labute approximate surface area is 165 Å². The zero-order valence-corrected chi connectivity index (χ0v) is 15.6. The van der Waals surface area contributed by atoms with Gasteiger partial charge in [0.25, 0.3) is 0 Å². The quantitative estimate of drug-likeness (QED) is 0.395. The molecule has 2 N–H and O–H groups in total. The van der Waals surface area contributed by atoms with E-state index in [1.54, 1.807) is 24.3 Å². The minimum Gasteiger partial charge on any atom is -0.493 e. The van der Waals surface area contributed by atoms with Gasteiger partial charge in [0, 0.05) is 11.3 Å². The molecule has 0 aliphatic heterocycles. The van der Waals surface area contributed by atoms with Crippen LogP contribution >= 0.6 is 0 Å². The summed E-state index contributed by atoms with van der Waals surface area (Å²) < 4.78 is 43.6. The molecule has 0 fully saturated rings. The maximum Gasteiger partial charge on any atom is 0.416 e. The lowest BCUT2D eigenvalue weighted by Crippen LogP contribution is -2.24. The first-order chi connectivity index (χ1) is 13.8. The summed E-state index contributed by atoms with van der Waals surface area (Å²) in [6, 6.07) is 11.3. The van der Waals surface area contributed by atoms with Gasteiger partial charge in [-0.2, -0.15) is 18.3 Å². The van der Waals surface area contributed by atoms with Gasteiger partial charge >= 0.3 is 6.18 Å². The van der Waals surface area contributed by atoms with Crippen molar-refractivity contribution < 1.29 is 27.5 Å². The van der Waals surface area contributed by atoms with E-state index in [9.17, 15) is 22.8 Å². The van der Waals surface area contributed by atoms with E-state index in [2.05, 4.69) is 15.8 Å². The number of rotatable bonds is 8. The summed E-state index contributed by atoms with van der Waals surface area (Å²) in [6.07, 6.45) is -2.90. The average Bonchev–Trinajstić information content (AvgIpc) is 2.66. The van der Waals surface area contributed by atoms with Crippen molar-refractivity contribution in [1.29, 1.82) is 0 Å². The Morgan fingerprint density at radius 2 is 1.86 bits per heavy atom. The lowest BCUT2D eigenvalue weighted by molar-refractivity contribution is -0.137. The number of carbonyl (C=O) groups is 2. The minimum atomic E-state index is -4.52. The zero-order chi connectivity index (χ0) is 21.3. The summed E-state index contributed by atoms with van der Waals surface area (Å²) in [5, 5.41) is 6.04. The summed E-state index contributed by atoms with van der Waals surface area (Å²) in [5.41, 5.74) is 1.90. The molecule has 0 spiro atoms. The van der Waals surface area contributed by atoms with Crippen molar-refractivity contribution in [1.82, 2.24) is 5.43 Å². The topological polar surface area (TPSA) is 79.8 Å². The number of nitrogens with zero attached hydrogens (tertiary/aromatic N) is 1. The van der Waals surface area contributed by atoms with Gasteiger partial charge in [-0.1, -0.05) is 25.1 Å². The molecule has 0 aliphatic carbocycles. The van der Waals surface area contributed by atoms with Crippen LogP contribution in [0.3, 0.4) is 0 Å². The highest BCUT2D eigenvalue weighted by atomic mass is 19.4. The molecule has 9 heteroatoms. The number of alkyl halides is 3. The van der Waals surface area contributed by atoms with Crippen LogP contribution in [0.15, 0.2) is 53.6 Å². The van der Waals surface area contributed by atoms with Crippen LogP contribution in [0.25, 0.3) is 0 Å². The Balaban J connectivity index is 1.88. The average molecular weight is 407 g/mol. The molecule has 0 radical (unpaired) electrons. The fraction of sp³-hybridized carbons (Fsp3) is 0.250. The molecule has 0 saturated heterocycles. The van der Waals surface area contributed by atoms with Crippen molar-refractivity contribution in [2.75, 3.05) is 11.9 Å². The first-order valence-electron chi connectivity index (χ1n) is 8.80. The van der Waals surface area contributed by atoms with Crippen LogP contribution in [0, 0.1) is 0 Å². The maximum atomic E-state index is 12.7. The predicted octanol–water partition coefficient (Wildman–Crippen LogP) is 3.97. The molecule has 0 unspecified atom stereocenters. The number of halogens is 3. The van der Waals surface area contributed by atoms with Gasteiger partial charge in [0.15, 0.2) is 0 Å². The molecule has 2 aromatic carbocycles. The number of amides is 2. The van der Waals surface area contributed by atoms with E-state index in [4.69, 9.17) is 4.74 Å². The van der Waals surface area contributed by atoms with Gasteiger partial charge < -0.3 is 10.1 Å². The Hall–Kier alpha value is -3.36. The van der Waals surface area contributed by atoms with Crippen molar-refractivity contribution >= 4 is 23.7 Å². The van der Waals surface area contributed by atoms with E-state index in [1.807, 2.05) is 6.92 Å². The van der Waals surface area contributed by atoms with Crippen molar-refractivity contribution in [3.8, 4) is 5.75 Å². The summed E-state index contributed by atoms with van der Waals surface area (Å²) in [5.74, 6) is -0.865. The molecule has 0 aliphatic rings. The fourth-order valence-corrected chi connectivity index (χ4v) is 2.27. The number of hydrazone groups is 1. The molecule has 6 nitrogen and oxygen atoms in total. The normalized spacial score (nSPS) is 11.3. The fourth-order valence-electron chi connectivity index (χ4n) is 2.27. The van der Waals surface area contributed by atoms with Gasteiger partial charge in [0.05, 0.1) is 18.4 Å². The summed E-state index contributed by atoms with van der Waals surface area (Å²) in [7, 11) is 0. The molecular formula is C20H20F3N3O3.